The summed E-state index contributed by atoms with van der Waals surface area (Å²) in [6.07, 6.45) is 0.154. The highest BCUT2D eigenvalue weighted by Crippen LogP contribution is 2.25. The van der Waals surface area contributed by atoms with Gasteiger partial charge in [-0.1, -0.05) is 42.5 Å². The summed E-state index contributed by atoms with van der Waals surface area (Å²) in [4.78, 5) is 0. The SMILES string of the molecule is COC(C)c1cccc2ccccc12. The lowest BCUT2D eigenvalue weighted by molar-refractivity contribution is 0.121. The Kier molecular flexibility index (Phi) is 2.51. The third-order valence-electron chi connectivity index (χ3n) is 2.61. The maximum absolute atomic E-state index is 5.34. The van der Waals surface area contributed by atoms with Crippen molar-refractivity contribution in [3.63, 3.8) is 0 Å². The van der Waals surface area contributed by atoms with E-state index in [2.05, 4.69) is 49.4 Å². The Labute approximate surface area is 84.3 Å². The smallest absolute Gasteiger partial charge is 0.0799 e. The molecule has 72 valence electrons. The summed E-state index contributed by atoms with van der Waals surface area (Å²) in [5.41, 5.74) is 1.26. The van der Waals surface area contributed by atoms with E-state index in [4.69, 9.17) is 4.74 Å². The third-order valence-corrected chi connectivity index (χ3v) is 2.61. The lowest BCUT2D eigenvalue weighted by atomic mass is 10.0. The predicted molar refractivity (Wildman–Crippen MR) is 59.4 cm³/mol. The van der Waals surface area contributed by atoms with Crippen molar-refractivity contribution in [3.8, 4) is 0 Å². The van der Waals surface area contributed by atoms with E-state index in [1.807, 2.05) is 0 Å². The Hall–Kier alpha value is -1.34. The normalized spacial score (nSPS) is 13.0. The molecule has 2 rings (SSSR count). The summed E-state index contributed by atoms with van der Waals surface area (Å²) in [5.74, 6) is 0. The molecule has 0 aromatic heterocycles. The van der Waals surface area contributed by atoms with Crippen LogP contribution >= 0.6 is 0 Å². The van der Waals surface area contributed by atoms with Gasteiger partial charge in [0.15, 0.2) is 0 Å². The molecule has 0 saturated carbocycles. The maximum Gasteiger partial charge on any atom is 0.0799 e. The van der Waals surface area contributed by atoms with Gasteiger partial charge in [-0.25, -0.2) is 0 Å². The fourth-order valence-electron chi connectivity index (χ4n) is 1.73. The molecule has 0 aliphatic carbocycles. The van der Waals surface area contributed by atoms with Crippen molar-refractivity contribution in [1.82, 2.24) is 0 Å². The minimum absolute atomic E-state index is 0.154. The molecule has 0 radical (unpaired) electrons. The van der Waals surface area contributed by atoms with Crippen molar-refractivity contribution in [2.75, 3.05) is 7.11 Å². The van der Waals surface area contributed by atoms with Gasteiger partial charge in [0.25, 0.3) is 0 Å². The Balaban J connectivity index is 2.65. The maximum atomic E-state index is 5.34. The van der Waals surface area contributed by atoms with Gasteiger partial charge in [0.1, 0.15) is 0 Å². The number of hydrogen-bond acceptors (Lipinski definition) is 1. The van der Waals surface area contributed by atoms with Gasteiger partial charge in [-0.2, -0.15) is 0 Å². The molecular weight excluding hydrogens is 172 g/mol. The first-order valence-electron chi connectivity index (χ1n) is 4.83. The Morgan fingerprint density at radius 3 is 2.50 bits per heavy atom. The van der Waals surface area contributed by atoms with E-state index in [0.29, 0.717) is 0 Å². The number of methoxy groups -OCH3 is 1. The first kappa shape index (κ1) is 9.22. The highest BCUT2D eigenvalue weighted by molar-refractivity contribution is 5.85. The van der Waals surface area contributed by atoms with Crippen molar-refractivity contribution in [2.45, 2.75) is 13.0 Å². The van der Waals surface area contributed by atoms with Crippen molar-refractivity contribution in [3.05, 3.63) is 48.0 Å². The average Bonchev–Trinajstić information content (AvgIpc) is 2.27. The second-order valence-corrected chi connectivity index (χ2v) is 3.45. The standard InChI is InChI=1S/C13H14O/c1-10(14-2)12-9-5-7-11-6-3-4-8-13(11)12/h3-10H,1-2H3. The van der Waals surface area contributed by atoms with Crippen LogP contribution in [0.1, 0.15) is 18.6 Å². The monoisotopic (exact) mass is 186 g/mol. The van der Waals surface area contributed by atoms with Crippen LogP contribution in [0, 0.1) is 0 Å². The third kappa shape index (κ3) is 1.51. The molecule has 0 fully saturated rings. The molecule has 0 aliphatic rings. The molecule has 1 unspecified atom stereocenters. The first-order valence-corrected chi connectivity index (χ1v) is 4.83. The quantitative estimate of drug-likeness (QED) is 0.697. The van der Waals surface area contributed by atoms with Crippen LogP contribution in [-0.4, -0.2) is 7.11 Å². The number of hydrogen-bond donors (Lipinski definition) is 0. The summed E-state index contributed by atoms with van der Waals surface area (Å²) >= 11 is 0. The van der Waals surface area contributed by atoms with Crippen LogP contribution in [0.4, 0.5) is 0 Å². The average molecular weight is 186 g/mol. The van der Waals surface area contributed by atoms with E-state index in [1.165, 1.54) is 16.3 Å². The van der Waals surface area contributed by atoms with Crippen LogP contribution in [0.5, 0.6) is 0 Å². The van der Waals surface area contributed by atoms with Crippen LogP contribution in [-0.2, 0) is 4.74 Å². The fraction of sp³-hybridized carbons (Fsp3) is 0.231. The largest absolute Gasteiger partial charge is 0.377 e. The zero-order valence-electron chi connectivity index (χ0n) is 8.53. The van der Waals surface area contributed by atoms with Gasteiger partial charge in [0, 0.05) is 7.11 Å². The molecular formula is C13H14O. The number of fused-ring (bicyclic) bond motifs is 1. The molecule has 0 heterocycles. The minimum atomic E-state index is 0.154. The number of benzene rings is 2. The highest BCUT2D eigenvalue weighted by atomic mass is 16.5. The van der Waals surface area contributed by atoms with Crippen LogP contribution in [0.3, 0.4) is 0 Å². The minimum Gasteiger partial charge on any atom is -0.377 e. The van der Waals surface area contributed by atoms with E-state index < -0.39 is 0 Å². The second kappa shape index (κ2) is 3.81. The molecule has 2 aromatic rings. The molecule has 1 atom stereocenters. The molecule has 0 spiro atoms. The van der Waals surface area contributed by atoms with Crippen molar-refractivity contribution < 1.29 is 4.74 Å². The highest BCUT2D eigenvalue weighted by Gasteiger charge is 2.06. The molecule has 0 amide bonds. The summed E-state index contributed by atoms with van der Waals surface area (Å²) in [6, 6.07) is 14.7. The van der Waals surface area contributed by atoms with Gasteiger partial charge in [-0.3, -0.25) is 0 Å². The van der Waals surface area contributed by atoms with Crippen LogP contribution < -0.4 is 0 Å². The first-order chi connectivity index (χ1) is 6.83. The number of ether oxygens (including phenoxy) is 1. The van der Waals surface area contributed by atoms with Crippen molar-refractivity contribution >= 4 is 10.8 Å². The van der Waals surface area contributed by atoms with Crippen molar-refractivity contribution in [1.29, 1.82) is 0 Å². The van der Waals surface area contributed by atoms with Gasteiger partial charge in [0.05, 0.1) is 6.10 Å². The molecule has 0 N–H and O–H groups in total. The fourth-order valence-corrected chi connectivity index (χ4v) is 1.73. The predicted octanol–water partition coefficient (Wildman–Crippen LogP) is 3.55. The van der Waals surface area contributed by atoms with E-state index >= 15 is 0 Å². The van der Waals surface area contributed by atoms with Gasteiger partial charge in [-0.05, 0) is 23.3 Å². The van der Waals surface area contributed by atoms with Crippen LogP contribution in [0.15, 0.2) is 42.5 Å². The molecule has 1 nitrogen and oxygen atoms in total. The van der Waals surface area contributed by atoms with Crippen molar-refractivity contribution in [2.24, 2.45) is 0 Å². The van der Waals surface area contributed by atoms with Gasteiger partial charge < -0.3 is 4.74 Å². The van der Waals surface area contributed by atoms with E-state index in [-0.39, 0.29) is 6.10 Å². The lowest BCUT2D eigenvalue weighted by Crippen LogP contribution is -1.96. The summed E-state index contributed by atoms with van der Waals surface area (Å²) < 4.78 is 5.34. The molecule has 2 aromatic carbocycles. The van der Waals surface area contributed by atoms with Gasteiger partial charge >= 0.3 is 0 Å². The van der Waals surface area contributed by atoms with E-state index in [9.17, 15) is 0 Å². The summed E-state index contributed by atoms with van der Waals surface area (Å²) in [7, 11) is 1.74. The Morgan fingerprint density at radius 2 is 1.71 bits per heavy atom. The summed E-state index contributed by atoms with van der Waals surface area (Å²) in [5, 5.41) is 2.55. The molecule has 0 saturated heterocycles. The van der Waals surface area contributed by atoms with Crippen LogP contribution in [0.2, 0.25) is 0 Å². The number of rotatable bonds is 2. The van der Waals surface area contributed by atoms with Gasteiger partial charge in [-0.15, -0.1) is 0 Å². The molecule has 0 aliphatic heterocycles. The second-order valence-electron chi connectivity index (χ2n) is 3.45. The summed E-state index contributed by atoms with van der Waals surface area (Å²) in [6.45, 7) is 2.07. The Morgan fingerprint density at radius 1 is 1.00 bits per heavy atom. The molecule has 14 heavy (non-hydrogen) atoms. The zero-order valence-corrected chi connectivity index (χ0v) is 8.53. The molecule has 1 heteroatoms. The van der Waals surface area contributed by atoms with Gasteiger partial charge in [0.2, 0.25) is 0 Å². The topological polar surface area (TPSA) is 9.23 Å². The molecule has 0 bridgehead atoms. The Bertz CT molecular complexity index is 429. The van der Waals surface area contributed by atoms with Crippen LogP contribution in [0.25, 0.3) is 10.8 Å². The van der Waals surface area contributed by atoms with E-state index in [1.54, 1.807) is 7.11 Å². The van der Waals surface area contributed by atoms with E-state index in [0.717, 1.165) is 0 Å². The zero-order chi connectivity index (χ0) is 9.97. The lowest BCUT2D eigenvalue weighted by Gasteiger charge is -2.12.